The fourth-order valence-electron chi connectivity index (χ4n) is 1.02. The maximum absolute atomic E-state index is 12.0. The lowest BCUT2D eigenvalue weighted by Crippen LogP contribution is -2.17. The van der Waals surface area contributed by atoms with E-state index in [1.165, 1.54) is 0 Å². The number of carbonyl (C=O) groups is 1. The highest BCUT2D eigenvalue weighted by atomic mass is 19.4. The summed E-state index contributed by atoms with van der Waals surface area (Å²) in [6, 6.07) is 0.950. The summed E-state index contributed by atoms with van der Waals surface area (Å²) < 4.78 is 36.0. The lowest BCUT2D eigenvalue weighted by molar-refractivity contribution is -0.127. The van der Waals surface area contributed by atoms with Crippen LogP contribution in [0.15, 0.2) is 12.3 Å². The van der Waals surface area contributed by atoms with Crippen LogP contribution in [0.2, 0.25) is 0 Å². The Balaban J connectivity index is 3.03. The van der Waals surface area contributed by atoms with Crippen molar-refractivity contribution in [2.24, 2.45) is 5.73 Å². The highest BCUT2D eigenvalue weighted by molar-refractivity contribution is 5.97. The van der Waals surface area contributed by atoms with Gasteiger partial charge in [0, 0.05) is 0 Å². The molecule has 4 N–H and O–H groups in total. The second kappa shape index (κ2) is 3.76. The van der Waals surface area contributed by atoms with Crippen LogP contribution >= 0.6 is 0 Å². The summed E-state index contributed by atoms with van der Waals surface area (Å²) >= 11 is 0. The van der Waals surface area contributed by atoms with E-state index in [1.807, 2.05) is 0 Å². The van der Waals surface area contributed by atoms with E-state index in [0.717, 1.165) is 12.3 Å². The molecule has 82 valence electrons. The molecule has 1 aromatic rings. The van der Waals surface area contributed by atoms with Crippen LogP contribution in [0.4, 0.5) is 18.9 Å². The number of nitrogens with two attached hydrogens (primary N) is 2. The van der Waals surface area contributed by atoms with Gasteiger partial charge < -0.3 is 11.5 Å². The number of amides is 1. The molecule has 0 fully saturated rings. The molecule has 0 aliphatic carbocycles. The van der Waals surface area contributed by atoms with Gasteiger partial charge in [-0.1, -0.05) is 0 Å². The second-order valence-corrected chi connectivity index (χ2v) is 2.92. The molecule has 0 bridgehead atoms. The number of aromatic nitrogens is 1. The summed E-state index contributed by atoms with van der Waals surface area (Å²) in [7, 11) is 0. The van der Waals surface area contributed by atoms with Gasteiger partial charge in [0.05, 0.1) is 29.6 Å². The summed E-state index contributed by atoms with van der Waals surface area (Å²) in [5.41, 5.74) is 9.76. The molecule has 0 unspecified atom stereocenters. The fraction of sp³-hybridized carbons (Fsp3) is 0.250. The Morgan fingerprint density at radius 2 is 2.07 bits per heavy atom. The summed E-state index contributed by atoms with van der Waals surface area (Å²) in [4.78, 5) is 14.2. The van der Waals surface area contributed by atoms with Gasteiger partial charge in [0.25, 0.3) is 5.91 Å². The van der Waals surface area contributed by atoms with Crippen LogP contribution in [0.3, 0.4) is 0 Å². The number of nitrogens with zero attached hydrogens (tertiary/aromatic N) is 1. The van der Waals surface area contributed by atoms with E-state index in [2.05, 4.69) is 4.98 Å². The first-order valence-corrected chi connectivity index (χ1v) is 3.90. The minimum atomic E-state index is -4.38. The van der Waals surface area contributed by atoms with E-state index in [0.29, 0.717) is 0 Å². The number of primary amides is 1. The van der Waals surface area contributed by atoms with E-state index in [4.69, 9.17) is 11.5 Å². The van der Waals surface area contributed by atoms with Crippen molar-refractivity contribution < 1.29 is 18.0 Å². The van der Waals surface area contributed by atoms with Crippen LogP contribution in [-0.4, -0.2) is 17.1 Å². The number of anilines is 1. The lowest BCUT2D eigenvalue weighted by atomic mass is 10.1. The molecule has 7 heteroatoms. The number of alkyl halides is 3. The largest absolute Gasteiger partial charge is 0.397 e. The summed E-state index contributed by atoms with van der Waals surface area (Å²) in [6.45, 7) is 0. The maximum Gasteiger partial charge on any atom is 0.394 e. The fourth-order valence-corrected chi connectivity index (χ4v) is 1.02. The standard InChI is InChI=1S/C8H8F3N3O/c9-8(10,11)2-4-1-5(7(13)15)6(12)3-14-4/h1,3H,2,12H2,(H2,13,15). The molecule has 0 saturated carbocycles. The van der Waals surface area contributed by atoms with Crippen molar-refractivity contribution in [2.45, 2.75) is 12.6 Å². The smallest absolute Gasteiger partial charge is 0.394 e. The summed E-state index contributed by atoms with van der Waals surface area (Å²) in [6.07, 6.45) is -4.60. The highest BCUT2D eigenvalue weighted by Crippen LogP contribution is 2.21. The van der Waals surface area contributed by atoms with Crippen molar-refractivity contribution in [3.05, 3.63) is 23.5 Å². The van der Waals surface area contributed by atoms with Crippen LogP contribution in [0.1, 0.15) is 16.1 Å². The first-order valence-electron chi connectivity index (χ1n) is 3.90. The van der Waals surface area contributed by atoms with Crippen molar-refractivity contribution >= 4 is 11.6 Å². The van der Waals surface area contributed by atoms with Crippen molar-refractivity contribution in [1.29, 1.82) is 0 Å². The van der Waals surface area contributed by atoms with Gasteiger partial charge in [-0.2, -0.15) is 13.2 Å². The number of halogens is 3. The van der Waals surface area contributed by atoms with Crippen LogP contribution in [-0.2, 0) is 6.42 Å². The van der Waals surface area contributed by atoms with Gasteiger partial charge in [-0.15, -0.1) is 0 Å². The molecule has 1 heterocycles. The molecule has 0 radical (unpaired) electrons. The van der Waals surface area contributed by atoms with Gasteiger partial charge in [-0.05, 0) is 6.07 Å². The molecule has 1 rings (SSSR count). The van der Waals surface area contributed by atoms with Gasteiger partial charge in [0.15, 0.2) is 0 Å². The number of hydrogen-bond donors (Lipinski definition) is 2. The number of pyridine rings is 1. The Labute approximate surface area is 83.1 Å². The Bertz CT molecular complexity index is 389. The molecular formula is C8H8F3N3O. The van der Waals surface area contributed by atoms with Crippen molar-refractivity contribution in [3.8, 4) is 0 Å². The first kappa shape index (κ1) is 11.3. The lowest BCUT2D eigenvalue weighted by Gasteiger charge is -2.07. The Morgan fingerprint density at radius 3 is 2.53 bits per heavy atom. The zero-order chi connectivity index (χ0) is 11.6. The van der Waals surface area contributed by atoms with E-state index in [9.17, 15) is 18.0 Å². The van der Waals surface area contributed by atoms with Crippen LogP contribution in [0, 0.1) is 0 Å². The molecule has 0 aliphatic rings. The molecule has 0 aromatic carbocycles. The van der Waals surface area contributed by atoms with Crippen LogP contribution in [0.25, 0.3) is 0 Å². The molecule has 4 nitrogen and oxygen atoms in total. The first-order chi connectivity index (χ1) is 6.79. The van der Waals surface area contributed by atoms with E-state index in [1.54, 1.807) is 0 Å². The molecule has 1 aromatic heterocycles. The third kappa shape index (κ3) is 3.12. The second-order valence-electron chi connectivity index (χ2n) is 2.92. The summed E-state index contributed by atoms with van der Waals surface area (Å²) in [5, 5.41) is 0. The average Bonchev–Trinajstić information content (AvgIpc) is 2.05. The van der Waals surface area contributed by atoms with E-state index in [-0.39, 0.29) is 16.9 Å². The molecule has 0 saturated heterocycles. The monoisotopic (exact) mass is 219 g/mol. The molecule has 15 heavy (non-hydrogen) atoms. The van der Waals surface area contributed by atoms with Crippen LogP contribution in [0.5, 0.6) is 0 Å². The third-order valence-electron chi connectivity index (χ3n) is 1.64. The minimum absolute atomic E-state index is 0.0339. The highest BCUT2D eigenvalue weighted by Gasteiger charge is 2.28. The third-order valence-corrected chi connectivity index (χ3v) is 1.64. The zero-order valence-electron chi connectivity index (χ0n) is 7.51. The number of rotatable bonds is 2. The number of hydrogen-bond acceptors (Lipinski definition) is 3. The average molecular weight is 219 g/mol. The quantitative estimate of drug-likeness (QED) is 0.774. The van der Waals surface area contributed by atoms with Crippen molar-refractivity contribution in [1.82, 2.24) is 4.98 Å². The Kier molecular flexibility index (Phi) is 2.83. The topological polar surface area (TPSA) is 82.0 Å². The van der Waals surface area contributed by atoms with Crippen molar-refractivity contribution in [2.75, 3.05) is 5.73 Å². The molecule has 0 atom stereocenters. The molecule has 0 aliphatic heterocycles. The molecular weight excluding hydrogens is 211 g/mol. The van der Waals surface area contributed by atoms with E-state index < -0.39 is 18.5 Å². The molecule has 0 spiro atoms. The SMILES string of the molecule is NC(=O)c1cc(CC(F)(F)F)ncc1N. The van der Waals surface area contributed by atoms with Gasteiger partial charge >= 0.3 is 6.18 Å². The van der Waals surface area contributed by atoms with Gasteiger partial charge in [-0.25, -0.2) is 0 Å². The van der Waals surface area contributed by atoms with Gasteiger partial charge in [0.1, 0.15) is 0 Å². The summed E-state index contributed by atoms with van der Waals surface area (Å²) in [5.74, 6) is -0.877. The Morgan fingerprint density at radius 1 is 1.47 bits per heavy atom. The van der Waals surface area contributed by atoms with Gasteiger partial charge in [-0.3, -0.25) is 9.78 Å². The Hall–Kier alpha value is -1.79. The van der Waals surface area contributed by atoms with Gasteiger partial charge in [0.2, 0.25) is 0 Å². The number of carbonyl (C=O) groups excluding carboxylic acids is 1. The van der Waals surface area contributed by atoms with E-state index >= 15 is 0 Å². The maximum atomic E-state index is 12.0. The predicted molar refractivity (Wildman–Crippen MR) is 46.9 cm³/mol. The molecule has 1 amide bonds. The van der Waals surface area contributed by atoms with Crippen LogP contribution < -0.4 is 11.5 Å². The number of nitrogen functional groups attached to an aromatic ring is 1. The van der Waals surface area contributed by atoms with Crippen molar-refractivity contribution in [3.63, 3.8) is 0 Å². The zero-order valence-corrected chi connectivity index (χ0v) is 7.51. The normalized spacial score (nSPS) is 11.4. The predicted octanol–water partition coefficient (Wildman–Crippen LogP) is 0.868. The minimum Gasteiger partial charge on any atom is -0.397 e.